The van der Waals surface area contributed by atoms with Gasteiger partial charge in [0, 0.05) is 43.7 Å². The van der Waals surface area contributed by atoms with Crippen molar-refractivity contribution in [3.05, 3.63) is 206 Å². The Morgan fingerprint density at radius 3 is 1.60 bits per heavy atom. The van der Waals surface area contributed by atoms with E-state index in [1.165, 1.54) is 65.3 Å². The molecule has 0 amide bonds. The number of hydrogen-bond acceptors (Lipinski definition) is 2. The minimum absolute atomic E-state index is 0.863. The van der Waals surface area contributed by atoms with E-state index in [1.807, 2.05) is 6.07 Å². The van der Waals surface area contributed by atoms with Crippen molar-refractivity contribution < 1.29 is 4.42 Å². The van der Waals surface area contributed by atoms with Crippen LogP contribution in [0.1, 0.15) is 0 Å². The highest BCUT2D eigenvalue weighted by atomic mass is 16.3. The molecule has 9 aromatic carbocycles. The smallest absolute Gasteiger partial charge is 0.159 e. The molecule has 0 aliphatic rings. The monoisotopic (exact) mass is 726 g/mol. The molecule has 0 fully saturated rings. The SMILES string of the molecule is c1ccc(-c2ccc(N(c3ccc4c(c3)c3cccc5c6ccccc6c6ccccc6c6ccccc6n4c53)c3cccc4c3oc3ccccc34)cc2)cc1. The van der Waals surface area contributed by atoms with Crippen LogP contribution in [0, 0.1) is 0 Å². The highest BCUT2D eigenvalue weighted by Crippen LogP contribution is 2.45. The van der Waals surface area contributed by atoms with Gasteiger partial charge in [0.05, 0.1) is 22.2 Å². The molecular weight excluding hydrogens is 693 g/mol. The van der Waals surface area contributed by atoms with Crippen LogP contribution in [0.2, 0.25) is 0 Å². The molecule has 266 valence electrons. The number of fused-ring (bicyclic) bond motifs is 13. The fourth-order valence-corrected chi connectivity index (χ4v) is 9.23. The normalized spacial score (nSPS) is 11.9. The lowest BCUT2D eigenvalue weighted by molar-refractivity contribution is 0.669. The summed E-state index contributed by atoms with van der Waals surface area (Å²) in [6.07, 6.45) is 0. The Morgan fingerprint density at radius 1 is 0.333 bits per heavy atom. The van der Waals surface area contributed by atoms with Gasteiger partial charge in [0.15, 0.2) is 5.58 Å². The van der Waals surface area contributed by atoms with Crippen LogP contribution in [0.25, 0.3) is 92.7 Å². The molecule has 0 unspecified atom stereocenters. The maximum atomic E-state index is 6.70. The van der Waals surface area contributed by atoms with Crippen molar-refractivity contribution in [2.75, 3.05) is 4.90 Å². The van der Waals surface area contributed by atoms with Gasteiger partial charge in [-0.3, -0.25) is 0 Å². The van der Waals surface area contributed by atoms with Gasteiger partial charge in [-0.2, -0.15) is 0 Å². The van der Waals surface area contributed by atoms with E-state index in [0.29, 0.717) is 0 Å². The average Bonchev–Trinajstić information content (AvgIpc) is 3.84. The third-order valence-corrected chi connectivity index (χ3v) is 11.8. The molecule has 3 nitrogen and oxygen atoms in total. The summed E-state index contributed by atoms with van der Waals surface area (Å²) in [5.74, 6) is 0. The molecule has 0 saturated heterocycles. The molecule has 0 spiro atoms. The molecule has 0 saturated carbocycles. The lowest BCUT2D eigenvalue weighted by atomic mass is 10.0. The molecule has 0 aliphatic heterocycles. The first-order valence-corrected chi connectivity index (χ1v) is 19.5. The summed E-state index contributed by atoms with van der Waals surface area (Å²) in [5, 5.41) is 12.0. The number of furan rings is 1. The van der Waals surface area contributed by atoms with E-state index in [9.17, 15) is 0 Å². The zero-order valence-corrected chi connectivity index (χ0v) is 30.9. The first kappa shape index (κ1) is 31.7. The Kier molecular flexibility index (Phi) is 6.93. The minimum Gasteiger partial charge on any atom is -0.454 e. The van der Waals surface area contributed by atoms with E-state index in [-0.39, 0.29) is 0 Å². The predicted octanol–water partition coefficient (Wildman–Crippen LogP) is 15.3. The molecule has 3 aromatic heterocycles. The van der Waals surface area contributed by atoms with Crippen molar-refractivity contribution in [3.8, 4) is 11.1 Å². The topological polar surface area (TPSA) is 20.8 Å². The van der Waals surface area contributed by atoms with Gasteiger partial charge in [-0.1, -0.05) is 158 Å². The Bertz CT molecular complexity index is 3580. The summed E-state index contributed by atoms with van der Waals surface area (Å²) in [7, 11) is 0. The van der Waals surface area contributed by atoms with E-state index in [1.54, 1.807) is 0 Å². The van der Waals surface area contributed by atoms with Crippen molar-refractivity contribution >= 4 is 98.6 Å². The standard InChI is InChI=1S/C54H34N2O/c1-2-14-35(15-3-1)36-28-30-37(31-29-36)55(51-26-13-24-47-44-21-9-11-27-52(44)57-54(47)51)38-32-33-50-48(34-38)46-23-12-22-45-42-19-7-5-17-40(42)39-16-4-6-18-41(39)43-20-8-10-25-49(43)56(50)53(45)46/h1-34H. The summed E-state index contributed by atoms with van der Waals surface area (Å²) in [5.41, 5.74) is 10.7. The Balaban J connectivity index is 1.19. The van der Waals surface area contributed by atoms with Crippen LogP contribution in [-0.2, 0) is 0 Å². The zero-order chi connectivity index (χ0) is 37.5. The molecule has 3 heterocycles. The van der Waals surface area contributed by atoms with Gasteiger partial charge in [0.1, 0.15) is 5.58 Å². The second-order valence-corrected chi connectivity index (χ2v) is 14.8. The maximum absolute atomic E-state index is 6.70. The van der Waals surface area contributed by atoms with Gasteiger partial charge in [0.2, 0.25) is 0 Å². The summed E-state index contributed by atoms with van der Waals surface area (Å²) in [4.78, 5) is 2.36. The van der Waals surface area contributed by atoms with Gasteiger partial charge in [-0.25, -0.2) is 0 Å². The van der Waals surface area contributed by atoms with Gasteiger partial charge < -0.3 is 13.7 Å². The minimum atomic E-state index is 0.863. The van der Waals surface area contributed by atoms with E-state index in [4.69, 9.17) is 4.42 Å². The third-order valence-electron chi connectivity index (χ3n) is 11.8. The summed E-state index contributed by atoms with van der Waals surface area (Å²) in [6.45, 7) is 0. The van der Waals surface area contributed by atoms with E-state index >= 15 is 0 Å². The second-order valence-electron chi connectivity index (χ2n) is 14.8. The molecule has 3 heteroatoms. The number of para-hydroxylation sites is 4. The van der Waals surface area contributed by atoms with Gasteiger partial charge in [-0.05, 0) is 81.2 Å². The quantitative estimate of drug-likeness (QED) is 0.180. The number of aromatic nitrogens is 1. The van der Waals surface area contributed by atoms with Crippen LogP contribution in [0.5, 0.6) is 0 Å². The van der Waals surface area contributed by atoms with Crippen LogP contribution in [0.3, 0.4) is 0 Å². The molecule has 12 rings (SSSR count). The van der Waals surface area contributed by atoms with Gasteiger partial charge in [-0.15, -0.1) is 0 Å². The lowest BCUT2D eigenvalue weighted by Crippen LogP contribution is -2.10. The van der Waals surface area contributed by atoms with Crippen molar-refractivity contribution in [1.29, 1.82) is 0 Å². The van der Waals surface area contributed by atoms with Crippen molar-refractivity contribution in [1.82, 2.24) is 4.40 Å². The van der Waals surface area contributed by atoms with Crippen LogP contribution in [0.15, 0.2) is 211 Å². The van der Waals surface area contributed by atoms with Crippen LogP contribution < -0.4 is 4.90 Å². The van der Waals surface area contributed by atoms with Gasteiger partial charge >= 0.3 is 0 Å². The van der Waals surface area contributed by atoms with E-state index < -0.39 is 0 Å². The molecule has 57 heavy (non-hydrogen) atoms. The zero-order valence-electron chi connectivity index (χ0n) is 30.9. The first-order chi connectivity index (χ1) is 28.3. The Morgan fingerprint density at radius 2 is 0.842 bits per heavy atom. The van der Waals surface area contributed by atoms with Gasteiger partial charge in [0.25, 0.3) is 0 Å². The Labute approximate surface area is 328 Å². The third kappa shape index (κ3) is 4.79. The Hall–Kier alpha value is -7.62. The van der Waals surface area contributed by atoms with E-state index in [2.05, 4.69) is 209 Å². The highest BCUT2D eigenvalue weighted by molar-refractivity contribution is 6.25. The van der Waals surface area contributed by atoms with Crippen LogP contribution >= 0.6 is 0 Å². The van der Waals surface area contributed by atoms with Crippen molar-refractivity contribution in [3.63, 3.8) is 0 Å². The fourth-order valence-electron chi connectivity index (χ4n) is 9.23. The molecule has 0 atom stereocenters. The maximum Gasteiger partial charge on any atom is 0.159 e. The molecule has 12 aromatic rings. The largest absolute Gasteiger partial charge is 0.454 e. The summed E-state index contributed by atoms with van der Waals surface area (Å²) >= 11 is 0. The van der Waals surface area contributed by atoms with Crippen LogP contribution in [0.4, 0.5) is 17.1 Å². The second kappa shape index (κ2) is 12.5. The lowest BCUT2D eigenvalue weighted by Gasteiger charge is -2.26. The van der Waals surface area contributed by atoms with Crippen LogP contribution in [-0.4, -0.2) is 4.40 Å². The predicted molar refractivity (Wildman–Crippen MR) is 241 cm³/mol. The molecule has 0 radical (unpaired) electrons. The number of nitrogens with zero attached hydrogens (tertiary/aromatic N) is 2. The molecular formula is C54H34N2O. The number of anilines is 3. The van der Waals surface area contributed by atoms with Crippen molar-refractivity contribution in [2.45, 2.75) is 0 Å². The summed E-state index contributed by atoms with van der Waals surface area (Å²) in [6, 6.07) is 74.6. The molecule has 0 aliphatic carbocycles. The number of rotatable bonds is 4. The molecule has 0 bridgehead atoms. The highest BCUT2D eigenvalue weighted by Gasteiger charge is 2.22. The molecule has 0 N–H and O–H groups in total. The number of hydrogen-bond donors (Lipinski definition) is 0. The fraction of sp³-hybridized carbons (Fsp3) is 0. The average molecular weight is 727 g/mol. The summed E-state index contributed by atoms with van der Waals surface area (Å²) < 4.78 is 9.20. The van der Waals surface area contributed by atoms with E-state index in [0.717, 1.165) is 44.5 Å². The first-order valence-electron chi connectivity index (χ1n) is 19.5. The van der Waals surface area contributed by atoms with Crippen molar-refractivity contribution in [2.24, 2.45) is 0 Å². The number of benzene rings is 9.